The molecule has 1 saturated heterocycles. The number of piperazine rings is 1. The molecule has 9 nitrogen and oxygen atoms in total. The minimum absolute atomic E-state index is 0.232. The number of halogens is 1. The molecule has 3 rings (SSSR count). The fourth-order valence-electron chi connectivity index (χ4n) is 2.90. The molecule has 0 N–H and O–H groups in total. The molecule has 0 saturated carbocycles. The predicted octanol–water partition coefficient (Wildman–Crippen LogP) is 2.73. The van der Waals surface area contributed by atoms with Crippen LogP contribution in [-0.2, 0) is 9.47 Å². The molecule has 1 aliphatic heterocycles. The Morgan fingerprint density at radius 1 is 1.14 bits per heavy atom. The van der Waals surface area contributed by atoms with Crippen LogP contribution in [0.4, 0.5) is 10.6 Å². The molecule has 1 aliphatic rings. The Labute approximate surface area is 171 Å². The van der Waals surface area contributed by atoms with Crippen LogP contribution in [0.3, 0.4) is 0 Å². The third kappa shape index (κ3) is 4.54. The predicted molar refractivity (Wildman–Crippen MR) is 107 cm³/mol. The van der Waals surface area contributed by atoms with Gasteiger partial charge < -0.3 is 23.7 Å². The van der Waals surface area contributed by atoms with E-state index in [9.17, 15) is 9.59 Å². The Hall–Kier alpha value is -2.36. The topological polar surface area (TPSA) is 89.3 Å². The van der Waals surface area contributed by atoms with Crippen LogP contribution in [0.25, 0.3) is 5.65 Å². The van der Waals surface area contributed by atoms with E-state index in [1.54, 1.807) is 28.6 Å². The van der Waals surface area contributed by atoms with E-state index in [0.29, 0.717) is 42.2 Å². The summed E-state index contributed by atoms with van der Waals surface area (Å²) in [6, 6.07) is 0. The summed E-state index contributed by atoms with van der Waals surface area (Å²) < 4.78 is 12.8. The number of carbonyl (C=O) groups excluding carboxylic acids is 2. The molecule has 0 aliphatic carbocycles. The lowest BCUT2D eigenvalue weighted by Gasteiger charge is -2.36. The molecule has 0 bridgehead atoms. The Bertz CT molecular complexity index is 884. The molecule has 0 radical (unpaired) electrons. The van der Waals surface area contributed by atoms with Crippen molar-refractivity contribution < 1.29 is 19.1 Å². The Balaban J connectivity index is 1.79. The highest BCUT2D eigenvalue weighted by Gasteiger charge is 2.28. The van der Waals surface area contributed by atoms with Gasteiger partial charge in [0.1, 0.15) is 10.2 Å². The van der Waals surface area contributed by atoms with E-state index in [4.69, 9.17) is 9.47 Å². The SMILES string of the molecule is CCOC(=O)c1cn2cc(Br)nc(N3CCN(C(=O)OC(C)(C)C)CC3)c2n1. The molecule has 0 unspecified atom stereocenters. The van der Waals surface area contributed by atoms with Crippen molar-refractivity contribution in [3.8, 4) is 0 Å². The summed E-state index contributed by atoms with van der Waals surface area (Å²) in [6.07, 6.45) is 3.05. The van der Waals surface area contributed by atoms with Gasteiger partial charge in [-0.2, -0.15) is 0 Å². The van der Waals surface area contributed by atoms with Crippen molar-refractivity contribution in [1.29, 1.82) is 0 Å². The molecule has 0 atom stereocenters. The van der Waals surface area contributed by atoms with Gasteiger partial charge in [0.05, 0.1) is 6.61 Å². The molecule has 0 aromatic carbocycles. The van der Waals surface area contributed by atoms with Gasteiger partial charge in [-0.05, 0) is 43.6 Å². The number of carbonyl (C=O) groups is 2. The van der Waals surface area contributed by atoms with E-state index in [1.807, 2.05) is 25.7 Å². The normalized spacial score (nSPS) is 15.0. The van der Waals surface area contributed by atoms with Gasteiger partial charge in [0.15, 0.2) is 17.2 Å². The summed E-state index contributed by atoms with van der Waals surface area (Å²) in [5, 5.41) is 0. The third-order valence-corrected chi connectivity index (χ3v) is 4.49. The maximum Gasteiger partial charge on any atom is 0.410 e. The van der Waals surface area contributed by atoms with Gasteiger partial charge in [0.25, 0.3) is 0 Å². The monoisotopic (exact) mass is 453 g/mol. The minimum atomic E-state index is -0.522. The summed E-state index contributed by atoms with van der Waals surface area (Å²) in [4.78, 5) is 37.0. The van der Waals surface area contributed by atoms with E-state index in [-0.39, 0.29) is 18.4 Å². The Kier molecular flexibility index (Phi) is 5.78. The van der Waals surface area contributed by atoms with Crippen molar-refractivity contribution in [3.05, 3.63) is 22.7 Å². The van der Waals surface area contributed by atoms with Crippen LogP contribution in [0, 0.1) is 0 Å². The largest absolute Gasteiger partial charge is 0.461 e. The van der Waals surface area contributed by atoms with E-state index >= 15 is 0 Å². The fraction of sp³-hybridized carbons (Fsp3) is 0.556. The first-order valence-electron chi connectivity index (χ1n) is 9.13. The highest BCUT2D eigenvalue weighted by Crippen LogP contribution is 2.24. The zero-order valence-electron chi connectivity index (χ0n) is 16.4. The molecule has 3 heterocycles. The van der Waals surface area contributed by atoms with Gasteiger partial charge >= 0.3 is 12.1 Å². The van der Waals surface area contributed by atoms with Crippen molar-refractivity contribution >= 4 is 39.5 Å². The lowest BCUT2D eigenvalue weighted by molar-refractivity contribution is 0.0240. The average molecular weight is 454 g/mol. The molecule has 2 aromatic heterocycles. The molecule has 1 fully saturated rings. The molecule has 10 heteroatoms. The number of imidazole rings is 1. The number of hydrogen-bond donors (Lipinski definition) is 0. The van der Waals surface area contributed by atoms with Gasteiger partial charge in [0, 0.05) is 38.6 Å². The Morgan fingerprint density at radius 2 is 1.82 bits per heavy atom. The van der Waals surface area contributed by atoms with Gasteiger partial charge in [-0.3, -0.25) is 0 Å². The zero-order chi connectivity index (χ0) is 20.5. The summed E-state index contributed by atoms with van der Waals surface area (Å²) in [5.41, 5.74) is 0.276. The standard InChI is InChI=1S/C18H24BrN5O4/c1-5-27-16(25)12-10-24-11-13(19)21-15(14(24)20-12)22-6-8-23(9-7-22)17(26)28-18(2,3)4/h10-11H,5-9H2,1-4H3. The minimum Gasteiger partial charge on any atom is -0.461 e. The number of esters is 1. The van der Waals surface area contributed by atoms with Crippen LogP contribution in [-0.4, -0.2) is 69.7 Å². The number of fused-ring (bicyclic) bond motifs is 1. The number of aromatic nitrogens is 3. The van der Waals surface area contributed by atoms with E-state index in [2.05, 4.69) is 25.9 Å². The highest BCUT2D eigenvalue weighted by molar-refractivity contribution is 9.10. The first-order chi connectivity index (χ1) is 13.2. The summed E-state index contributed by atoms with van der Waals surface area (Å²) in [7, 11) is 0. The van der Waals surface area contributed by atoms with E-state index < -0.39 is 11.6 Å². The summed E-state index contributed by atoms with van der Waals surface area (Å²) >= 11 is 3.41. The lowest BCUT2D eigenvalue weighted by Crippen LogP contribution is -2.50. The number of ether oxygens (including phenoxy) is 2. The van der Waals surface area contributed by atoms with Crippen molar-refractivity contribution in [3.63, 3.8) is 0 Å². The van der Waals surface area contributed by atoms with Crippen molar-refractivity contribution in [2.24, 2.45) is 0 Å². The smallest absolute Gasteiger partial charge is 0.410 e. The molecule has 2 aromatic rings. The van der Waals surface area contributed by atoms with Gasteiger partial charge in [-0.15, -0.1) is 0 Å². The maximum atomic E-state index is 12.3. The molecule has 0 spiro atoms. The number of anilines is 1. The van der Waals surface area contributed by atoms with Crippen LogP contribution < -0.4 is 4.90 Å². The van der Waals surface area contributed by atoms with Gasteiger partial charge in [-0.1, -0.05) is 0 Å². The highest BCUT2D eigenvalue weighted by atomic mass is 79.9. The van der Waals surface area contributed by atoms with Crippen molar-refractivity contribution in [1.82, 2.24) is 19.3 Å². The maximum absolute atomic E-state index is 12.3. The fourth-order valence-corrected chi connectivity index (χ4v) is 3.28. The van der Waals surface area contributed by atoms with Crippen molar-refractivity contribution in [2.45, 2.75) is 33.3 Å². The van der Waals surface area contributed by atoms with Gasteiger partial charge in [0.2, 0.25) is 0 Å². The number of rotatable bonds is 3. The number of hydrogen-bond acceptors (Lipinski definition) is 7. The molecule has 1 amide bonds. The number of amides is 1. The summed E-state index contributed by atoms with van der Waals surface area (Å²) in [6.45, 7) is 9.78. The van der Waals surface area contributed by atoms with Crippen LogP contribution >= 0.6 is 15.9 Å². The second-order valence-electron chi connectivity index (χ2n) is 7.42. The quantitative estimate of drug-likeness (QED) is 0.659. The van der Waals surface area contributed by atoms with E-state index in [1.165, 1.54) is 0 Å². The van der Waals surface area contributed by atoms with E-state index in [0.717, 1.165) is 0 Å². The Morgan fingerprint density at radius 3 is 2.43 bits per heavy atom. The molecular formula is C18H24BrN5O4. The second-order valence-corrected chi connectivity index (χ2v) is 8.23. The van der Waals surface area contributed by atoms with Gasteiger partial charge in [-0.25, -0.2) is 19.6 Å². The van der Waals surface area contributed by atoms with Crippen LogP contribution in [0.2, 0.25) is 0 Å². The van der Waals surface area contributed by atoms with Crippen LogP contribution in [0.5, 0.6) is 0 Å². The first-order valence-corrected chi connectivity index (χ1v) is 9.92. The second kappa shape index (κ2) is 7.94. The summed E-state index contributed by atoms with van der Waals surface area (Å²) in [5.74, 6) is 0.178. The first kappa shape index (κ1) is 20.4. The molecule has 28 heavy (non-hydrogen) atoms. The molecular weight excluding hydrogens is 430 g/mol. The zero-order valence-corrected chi connectivity index (χ0v) is 18.0. The average Bonchev–Trinajstić information content (AvgIpc) is 3.04. The number of nitrogens with zero attached hydrogens (tertiary/aromatic N) is 5. The van der Waals surface area contributed by atoms with Crippen LogP contribution in [0.15, 0.2) is 17.0 Å². The lowest BCUT2D eigenvalue weighted by atomic mass is 10.2. The third-order valence-electron chi connectivity index (χ3n) is 4.11. The van der Waals surface area contributed by atoms with Crippen LogP contribution in [0.1, 0.15) is 38.2 Å². The molecule has 152 valence electrons. The van der Waals surface area contributed by atoms with Crippen molar-refractivity contribution in [2.75, 3.05) is 37.7 Å².